The number of nitriles is 1. The van der Waals surface area contributed by atoms with E-state index < -0.39 is 5.91 Å². The van der Waals surface area contributed by atoms with Crippen molar-refractivity contribution in [2.45, 2.75) is 27.7 Å². The van der Waals surface area contributed by atoms with Crippen LogP contribution >= 0.6 is 0 Å². The van der Waals surface area contributed by atoms with Crippen molar-refractivity contribution in [2.24, 2.45) is 0 Å². The van der Waals surface area contributed by atoms with Crippen LogP contribution in [0.15, 0.2) is 60.2 Å². The summed E-state index contributed by atoms with van der Waals surface area (Å²) in [6.07, 6.45) is 1.65. The van der Waals surface area contributed by atoms with Gasteiger partial charge in [0.1, 0.15) is 11.6 Å². The van der Waals surface area contributed by atoms with Crippen LogP contribution in [-0.2, 0) is 4.79 Å². The Bertz CT molecular complexity index is 1100. The van der Waals surface area contributed by atoms with Crippen LogP contribution in [0.3, 0.4) is 0 Å². The second-order valence-corrected chi connectivity index (χ2v) is 6.99. The molecule has 0 bridgehead atoms. The van der Waals surface area contributed by atoms with Crippen molar-refractivity contribution >= 4 is 17.7 Å². The molecule has 0 atom stereocenters. The molecule has 0 spiro atoms. The van der Waals surface area contributed by atoms with Crippen LogP contribution in [-0.4, -0.2) is 10.5 Å². The van der Waals surface area contributed by atoms with Gasteiger partial charge in [0.2, 0.25) is 0 Å². The molecule has 0 unspecified atom stereocenters. The summed E-state index contributed by atoms with van der Waals surface area (Å²) in [4.78, 5) is 12.6. The number of rotatable bonds is 4. The third-order valence-corrected chi connectivity index (χ3v) is 4.70. The number of aryl methyl sites for hydroxylation is 3. The minimum absolute atomic E-state index is 0.0747. The first kappa shape index (κ1) is 19.2. The van der Waals surface area contributed by atoms with Gasteiger partial charge in [0.15, 0.2) is 0 Å². The molecule has 1 amide bonds. The molecule has 4 heteroatoms. The SMILES string of the molecule is Cc1ccc(-n2c(C)cc(/C=C(\C#N)C(=O)Nc3cccc(C)c3)c2C)cc1. The van der Waals surface area contributed by atoms with E-state index in [1.165, 1.54) is 5.56 Å². The average molecular weight is 369 g/mol. The number of hydrogen-bond acceptors (Lipinski definition) is 2. The normalized spacial score (nSPS) is 11.2. The number of amides is 1. The van der Waals surface area contributed by atoms with E-state index in [2.05, 4.69) is 41.1 Å². The second-order valence-electron chi connectivity index (χ2n) is 6.99. The highest BCUT2D eigenvalue weighted by Gasteiger charge is 2.14. The van der Waals surface area contributed by atoms with Crippen molar-refractivity contribution in [3.63, 3.8) is 0 Å². The van der Waals surface area contributed by atoms with Crippen molar-refractivity contribution < 1.29 is 4.79 Å². The number of nitrogens with one attached hydrogen (secondary N) is 1. The fourth-order valence-electron chi connectivity index (χ4n) is 3.25. The van der Waals surface area contributed by atoms with Gasteiger partial charge in [0, 0.05) is 22.8 Å². The van der Waals surface area contributed by atoms with Crippen molar-refractivity contribution in [3.05, 3.63) is 88.2 Å². The Labute approximate surface area is 165 Å². The van der Waals surface area contributed by atoms with Gasteiger partial charge in [-0.3, -0.25) is 4.79 Å². The molecular formula is C24H23N3O. The third kappa shape index (κ3) is 4.05. The van der Waals surface area contributed by atoms with Gasteiger partial charge in [-0.25, -0.2) is 0 Å². The Kier molecular flexibility index (Phi) is 5.47. The Morgan fingerprint density at radius 3 is 2.36 bits per heavy atom. The van der Waals surface area contributed by atoms with Crippen LogP contribution in [0.5, 0.6) is 0 Å². The van der Waals surface area contributed by atoms with E-state index >= 15 is 0 Å². The number of aromatic nitrogens is 1. The topological polar surface area (TPSA) is 57.8 Å². The molecule has 1 heterocycles. The van der Waals surface area contributed by atoms with Gasteiger partial charge >= 0.3 is 0 Å². The van der Waals surface area contributed by atoms with Gasteiger partial charge in [-0.1, -0.05) is 29.8 Å². The maximum absolute atomic E-state index is 12.6. The Morgan fingerprint density at radius 1 is 1.00 bits per heavy atom. The van der Waals surface area contributed by atoms with Gasteiger partial charge in [-0.05, 0) is 75.2 Å². The summed E-state index contributed by atoms with van der Waals surface area (Å²) in [6.45, 7) is 8.02. The summed E-state index contributed by atoms with van der Waals surface area (Å²) in [5.74, 6) is -0.409. The van der Waals surface area contributed by atoms with E-state index in [1.807, 2.05) is 57.2 Å². The minimum Gasteiger partial charge on any atom is -0.321 e. The van der Waals surface area contributed by atoms with Gasteiger partial charge in [-0.2, -0.15) is 5.26 Å². The van der Waals surface area contributed by atoms with Crippen LogP contribution < -0.4 is 5.32 Å². The molecule has 1 N–H and O–H groups in total. The van der Waals surface area contributed by atoms with Crippen LogP contribution in [0.4, 0.5) is 5.69 Å². The minimum atomic E-state index is -0.409. The first-order valence-corrected chi connectivity index (χ1v) is 9.15. The molecule has 3 aromatic rings. The van der Waals surface area contributed by atoms with Crippen molar-refractivity contribution in [3.8, 4) is 11.8 Å². The Morgan fingerprint density at radius 2 is 1.71 bits per heavy atom. The number of benzene rings is 2. The molecule has 0 aliphatic rings. The lowest BCUT2D eigenvalue weighted by Gasteiger charge is -2.10. The summed E-state index contributed by atoms with van der Waals surface area (Å²) >= 11 is 0. The Hall–Kier alpha value is -3.58. The highest BCUT2D eigenvalue weighted by molar-refractivity contribution is 6.09. The lowest BCUT2D eigenvalue weighted by atomic mass is 10.1. The fourth-order valence-corrected chi connectivity index (χ4v) is 3.25. The number of nitrogens with zero attached hydrogens (tertiary/aromatic N) is 2. The van der Waals surface area contributed by atoms with E-state index in [0.717, 1.165) is 28.2 Å². The zero-order valence-electron chi connectivity index (χ0n) is 16.6. The summed E-state index contributed by atoms with van der Waals surface area (Å²) in [6, 6.07) is 19.8. The molecule has 0 radical (unpaired) electrons. The number of hydrogen-bond donors (Lipinski definition) is 1. The smallest absolute Gasteiger partial charge is 0.266 e. The molecule has 0 fully saturated rings. The largest absolute Gasteiger partial charge is 0.321 e. The third-order valence-electron chi connectivity index (χ3n) is 4.70. The number of anilines is 1. The zero-order valence-corrected chi connectivity index (χ0v) is 16.6. The van der Waals surface area contributed by atoms with Gasteiger partial charge in [0.25, 0.3) is 5.91 Å². The summed E-state index contributed by atoms with van der Waals surface area (Å²) in [5.41, 5.74) is 6.94. The Balaban J connectivity index is 1.93. The van der Waals surface area contributed by atoms with Crippen LogP contribution in [0.25, 0.3) is 11.8 Å². The molecule has 4 nitrogen and oxygen atoms in total. The molecule has 0 saturated heterocycles. The van der Waals surface area contributed by atoms with Crippen molar-refractivity contribution in [1.82, 2.24) is 4.57 Å². The lowest BCUT2D eigenvalue weighted by Crippen LogP contribution is -2.13. The van der Waals surface area contributed by atoms with Crippen LogP contribution in [0, 0.1) is 39.0 Å². The van der Waals surface area contributed by atoms with E-state index in [0.29, 0.717) is 5.69 Å². The lowest BCUT2D eigenvalue weighted by molar-refractivity contribution is -0.112. The van der Waals surface area contributed by atoms with Gasteiger partial charge < -0.3 is 9.88 Å². The van der Waals surface area contributed by atoms with E-state index in [9.17, 15) is 10.1 Å². The van der Waals surface area contributed by atoms with Gasteiger partial charge in [0.05, 0.1) is 0 Å². The zero-order chi connectivity index (χ0) is 20.3. The molecule has 0 aliphatic carbocycles. The second kappa shape index (κ2) is 7.98. The van der Waals surface area contributed by atoms with Crippen molar-refractivity contribution in [1.29, 1.82) is 5.26 Å². The van der Waals surface area contributed by atoms with Crippen LogP contribution in [0.1, 0.15) is 28.1 Å². The average Bonchev–Trinajstić information content (AvgIpc) is 2.94. The fraction of sp³-hybridized carbons (Fsp3) is 0.167. The van der Waals surface area contributed by atoms with E-state index in [4.69, 9.17) is 0 Å². The summed E-state index contributed by atoms with van der Waals surface area (Å²) in [7, 11) is 0. The molecule has 140 valence electrons. The molecule has 3 rings (SSSR count). The number of carbonyl (C=O) groups is 1. The van der Waals surface area contributed by atoms with Crippen molar-refractivity contribution in [2.75, 3.05) is 5.32 Å². The molecule has 28 heavy (non-hydrogen) atoms. The predicted octanol–water partition coefficient (Wildman–Crippen LogP) is 5.26. The molecule has 2 aromatic carbocycles. The van der Waals surface area contributed by atoms with E-state index in [-0.39, 0.29) is 5.57 Å². The first-order chi connectivity index (χ1) is 13.4. The maximum atomic E-state index is 12.6. The van der Waals surface area contributed by atoms with Crippen LogP contribution in [0.2, 0.25) is 0 Å². The first-order valence-electron chi connectivity index (χ1n) is 9.15. The van der Waals surface area contributed by atoms with Gasteiger partial charge in [-0.15, -0.1) is 0 Å². The number of carbonyl (C=O) groups excluding carboxylic acids is 1. The highest BCUT2D eigenvalue weighted by atomic mass is 16.1. The molecule has 0 saturated carbocycles. The highest BCUT2D eigenvalue weighted by Crippen LogP contribution is 2.23. The van der Waals surface area contributed by atoms with E-state index in [1.54, 1.807) is 6.08 Å². The molecule has 0 aliphatic heterocycles. The molecular weight excluding hydrogens is 346 g/mol. The monoisotopic (exact) mass is 369 g/mol. The quantitative estimate of drug-likeness (QED) is 0.504. The summed E-state index contributed by atoms with van der Waals surface area (Å²) < 4.78 is 2.12. The predicted molar refractivity (Wildman–Crippen MR) is 113 cm³/mol. The maximum Gasteiger partial charge on any atom is 0.266 e. The molecule has 1 aromatic heterocycles. The summed E-state index contributed by atoms with van der Waals surface area (Å²) in [5, 5.41) is 12.3. The standard InChI is InChI=1S/C24H23N3O/c1-16-8-10-23(11-9-16)27-18(3)13-20(19(27)4)14-21(15-25)24(28)26-22-7-5-6-17(2)12-22/h5-14H,1-4H3,(H,26,28)/b21-14+.